The molecule has 1 aliphatic heterocycles. The maximum atomic E-state index is 12.7. The maximum absolute atomic E-state index is 12.7. The van der Waals surface area contributed by atoms with E-state index in [2.05, 4.69) is 24.9 Å². The van der Waals surface area contributed by atoms with Gasteiger partial charge < -0.3 is 14.8 Å². The predicted octanol–water partition coefficient (Wildman–Crippen LogP) is 0.113. The van der Waals surface area contributed by atoms with Crippen molar-refractivity contribution in [3.63, 3.8) is 0 Å². The van der Waals surface area contributed by atoms with Gasteiger partial charge in [0.1, 0.15) is 37.6 Å². The number of aryl methyl sites for hydroxylation is 2. The lowest BCUT2D eigenvalue weighted by atomic mass is 9.97. The van der Waals surface area contributed by atoms with Crippen molar-refractivity contribution < 1.29 is 9.80 Å². The van der Waals surface area contributed by atoms with E-state index in [4.69, 9.17) is 4.98 Å². The first-order chi connectivity index (χ1) is 12.6. The van der Waals surface area contributed by atoms with E-state index < -0.39 is 0 Å². The van der Waals surface area contributed by atoms with Crippen LogP contribution in [0.4, 0.5) is 0 Å². The molecule has 2 aromatic heterocycles. The fraction of sp³-hybridized carbons (Fsp3) is 0.600. The summed E-state index contributed by atoms with van der Waals surface area (Å²) >= 11 is 1.75. The third-order valence-corrected chi connectivity index (χ3v) is 6.94. The van der Waals surface area contributed by atoms with Gasteiger partial charge in [0, 0.05) is 4.88 Å². The highest BCUT2D eigenvalue weighted by Crippen LogP contribution is 2.33. The van der Waals surface area contributed by atoms with Crippen LogP contribution in [0.5, 0.6) is 0 Å². The highest BCUT2D eigenvalue weighted by Gasteiger charge is 2.24. The molecule has 6 heteroatoms. The number of quaternary nitrogens is 2. The van der Waals surface area contributed by atoms with E-state index in [0.29, 0.717) is 0 Å². The van der Waals surface area contributed by atoms with Crippen LogP contribution in [-0.4, -0.2) is 42.7 Å². The zero-order chi connectivity index (χ0) is 18.1. The average molecular weight is 375 g/mol. The molecule has 0 unspecified atom stereocenters. The molecule has 26 heavy (non-hydrogen) atoms. The highest BCUT2D eigenvalue weighted by molar-refractivity contribution is 7.18. The Hall–Kier alpha value is -1.50. The van der Waals surface area contributed by atoms with Gasteiger partial charge >= 0.3 is 0 Å². The molecule has 3 N–H and O–H groups in total. The van der Waals surface area contributed by atoms with Crippen LogP contribution in [0.2, 0.25) is 0 Å². The van der Waals surface area contributed by atoms with Crippen molar-refractivity contribution in [1.29, 1.82) is 0 Å². The minimum absolute atomic E-state index is 0.0802. The van der Waals surface area contributed by atoms with E-state index in [1.54, 1.807) is 16.2 Å². The van der Waals surface area contributed by atoms with E-state index >= 15 is 0 Å². The van der Waals surface area contributed by atoms with Gasteiger partial charge in [0.2, 0.25) is 0 Å². The van der Waals surface area contributed by atoms with Crippen LogP contribution in [0.15, 0.2) is 16.4 Å². The van der Waals surface area contributed by atoms with Crippen LogP contribution in [0, 0.1) is 0 Å². The van der Waals surface area contributed by atoms with E-state index in [9.17, 15) is 4.79 Å². The summed E-state index contributed by atoms with van der Waals surface area (Å²) in [6, 6.07) is 0. The van der Waals surface area contributed by atoms with E-state index in [0.717, 1.165) is 55.1 Å². The monoisotopic (exact) mass is 374 g/mol. The van der Waals surface area contributed by atoms with Crippen LogP contribution < -0.4 is 15.4 Å². The molecule has 1 aliphatic carbocycles. The number of fused-ring (bicyclic) bond motifs is 3. The first-order valence-electron chi connectivity index (χ1n) is 9.94. The van der Waals surface area contributed by atoms with Gasteiger partial charge in [-0.3, -0.25) is 4.79 Å². The number of aromatic amines is 1. The summed E-state index contributed by atoms with van der Waals surface area (Å²) in [5.41, 5.74) is 2.76. The summed E-state index contributed by atoms with van der Waals surface area (Å²) < 4.78 is 0. The summed E-state index contributed by atoms with van der Waals surface area (Å²) in [5.74, 6) is 0.865. The average Bonchev–Trinajstić information content (AvgIpc) is 3.00. The number of allylic oxidation sites excluding steroid dienone is 1. The number of hydrogen-bond donors (Lipinski definition) is 3. The SMILES string of the molecule is CC(C)=CC[NH+]1CC[NH+](Cc2nc3sc4c(c3c(=O)[nH]2)CCCC4)CC1. The molecule has 0 amide bonds. The molecule has 0 saturated carbocycles. The molecule has 0 spiro atoms. The predicted molar refractivity (Wildman–Crippen MR) is 106 cm³/mol. The summed E-state index contributed by atoms with van der Waals surface area (Å²) in [5, 5.41) is 0.874. The number of rotatable bonds is 4. The Morgan fingerprint density at radius 1 is 1.15 bits per heavy atom. The van der Waals surface area contributed by atoms with Crippen LogP contribution in [-0.2, 0) is 19.4 Å². The van der Waals surface area contributed by atoms with Crippen molar-refractivity contribution in [2.75, 3.05) is 32.7 Å². The summed E-state index contributed by atoms with van der Waals surface area (Å²) in [7, 11) is 0. The molecule has 1 fully saturated rings. The van der Waals surface area contributed by atoms with Crippen molar-refractivity contribution in [2.45, 2.75) is 46.1 Å². The van der Waals surface area contributed by atoms with Gasteiger partial charge in [-0.2, -0.15) is 0 Å². The van der Waals surface area contributed by atoms with Crippen molar-refractivity contribution >= 4 is 21.6 Å². The third-order valence-electron chi connectivity index (χ3n) is 5.75. The standard InChI is InChI=1S/C20H28N4OS/c1-14(2)7-8-23-9-11-24(12-10-23)13-17-21-19(25)18-15-5-3-4-6-16(15)26-20(18)22-17/h7H,3-6,8-13H2,1-2H3,(H,21,22,25)/p+2. The lowest BCUT2D eigenvalue weighted by Crippen LogP contribution is -3.27. The van der Waals surface area contributed by atoms with Crippen molar-refractivity contribution in [2.24, 2.45) is 0 Å². The van der Waals surface area contributed by atoms with Gasteiger partial charge in [-0.25, -0.2) is 4.98 Å². The number of thiophene rings is 1. The van der Waals surface area contributed by atoms with Crippen LogP contribution >= 0.6 is 11.3 Å². The Morgan fingerprint density at radius 3 is 2.65 bits per heavy atom. The molecule has 2 aromatic rings. The number of piperazine rings is 1. The normalized spacial score (nSPS) is 23.0. The van der Waals surface area contributed by atoms with Gasteiger partial charge in [0.05, 0.1) is 11.9 Å². The molecule has 3 heterocycles. The van der Waals surface area contributed by atoms with E-state index in [-0.39, 0.29) is 5.56 Å². The second-order valence-electron chi connectivity index (χ2n) is 8.07. The largest absolute Gasteiger partial charge is 0.322 e. The number of nitrogens with zero attached hydrogens (tertiary/aromatic N) is 1. The smallest absolute Gasteiger partial charge is 0.260 e. The van der Waals surface area contributed by atoms with Crippen molar-refractivity contribution in [3.8, 4) is 0 Å². The zero-order valence-electron chi connectivity index (χ0n) is 15.9. The van der Waals surface area contributed by atoms with Gasteiger partial charge in [0.25, 0.3) is 5.56 Å². The number of hydrogen-bond acceptors (Lipinski definition) is 3. The maximum Gasteiger partial charge on any atom is 0.260 e. The Morgan fingerprint density at radius 2 is 1.88 bits per heavy atom. The molecule has 1 saturated heterocycles. The molecule has 5 nitrogen and oxygen atoms in total. The molecule has 0 atom stereocenters. The Balaban J connectivity index is 1.45. The van der Waals surface area contributed by atoms with E-state index in [1.165, 1.54) is 46.8 Å². The Bertz CT molecular complexity index is 870. The van der Waals surface area contributed by atoms with Crippen molar-refractivity contribution in [1.82, 2.24) is 9.97 Å². The second kappa shape index (κ2) is 7.62. The fourth-order valence-electron chi connectivity index (χ4n) is 4.22. The lowest BCUT2D eigenvalue weighted by molar-refractivity contribution is -1.02. The first-order valence-corrected chi connectivity index (χ1v) is 10.8. The highest BCUT2D eigenvalue weighted by atomic mass is 32.1. The van der Waals surface area contributed by atoms with Gasteiger partial charge in [-0.05, 0) is 51.2 Å². The minimum atomic E-state index is 0.0802. The number of H-pyrrole nitrogens is 1. The Labute approximate surface area is 158 Å². The third kappa shape index (κ3) is 3.77. The summed E-state index contributed by atoms with van der Waals surface area (Å²) in [6.07, 6.45) is 6.94. The van der Waals surface area contributed by atoms with Gasteiger partial charge in [0.15, 0.2) is 5.82 Å². The number of aromatic nitrogens is 2. The minimum Gasteiger partial charge on any atom is -0.322 e. The molecular weight excluding hydrogens is 344 g/mol. The number of nitrogens with one attached hydrogen (secondary N) is 3. The molecule has 0 aromatic carbocycles. The fourth-order valence-corrected chi connectivity index (χ4v) is 5.50. The topological polar surface area (TPSA) is 54.6 Å². The molecule has 2 aliphatic rings. The van der Waals surface area contributed by atoms with Crippen LogP contribution in [0.25, 0.3) is 10.2 Å². The van der Waals surface area contributed by atoms with E-state index in [1.807, 2.05) is 0 Å². The molecule has 0 bridgehead atoms. The van der Waals surface area contributed by atoms with Gasteiger partial charge in [-0.15, -0.1) is 11.3 Å². The second-order valence-corrected chi connectivity index (χ2v) is 9.15. The molecule has 4 rings (SSSR count). The summed E-state index contributed by atoms with van der Waals surface area (Å²) in [4.78, 5) is 26.2. The van der Waals surface area contributed by atoms with Crippen LogP contribution in [0.3, 0.4) is 0 Å². The summed E-state index contributed by atoms with van der Waals surface area (Å²) in [6.45, 7) is 11.0. The molecule has 140 valence electrons. The quantitative estimate of drug-likeness (QED) is 0.666. The zero-order valence-corrected chi connectivity index (χ0v) is 16.7. The molecule has 0 radical (unpaired) electrons. The van der Waals surface area contributed by atoms with Crippen molar-refractivity contribution in [3.05, 3.63) is 38.3 Å². The molecular formula is C20H30N4OS+2. The first kappa shape index (κ1) is 17.9. The van der Waals surface area contributed by atoms with Gasteiger partial charge in [-0.1, -0.05) is 5.57 Å². The Kier molecular flexibility index (Phi) is 5.25. The lowest BCUT2D eigenvalue weighted by Gasteiger charge is -2.28. The van der Waals surface area contributed by atoms with Crippen LogP contribution in [0.1, 0.15) is 43.0 Å².